The van der Waals surface area contributed by atoms with Crippen molar-refractivity contribution in [2.24, 2.45) is 5.92 Å². The van der Waals surface area contributed by atoms with Crippen LogP contribution in [0.3, 0.4) is 0 Å². The number of carbonyl (C=O) groups is 1. The highest BCUT2D eigenvalue weighted by Gasteiger charge is 2.32. The van der Waals surface area contributed by atoms with E-state index in [0.717, 1.165) is 38.6 Å². The first kappa shape index (κ1) is 11.8. The molecule has 1 aliphatic carbocycles. The van der Waals surface area contributed by atoms with Gasteiger partial charge >= 0.3 is 0 Å². The van der Waals surface area contributed by atoms with Gasteiger partial charge in [0.25, 0.3) is 0 Å². The van der Waals surface area contributed by atoms with E-state index in [2.05, 4.69) is 30.0 Å². The zero-order chi connectivity index (χ0) is 12.5. The number of rotatable bonds is 2. The highest BCUT2D eigenvalue weighted by atomic mass is 16.2. The van der Waals surface area contributed by atoms with Gasteiger partial charge < -0.3 is 4.90 Å². The molecule has 1 aromatic rings. The molecule has 1 amide bonds. The molecule has 0 unspecified atom stereocenters. The molecule has 0 aromatic heterocycles. The topological polar surface area (TPSA) is 20.3 Å². The van der Waals surface area contributed by atoms with Gasteiger partial charge in [-0.2, -0.15) is 0 Å². The van der Waals surface area contributed by atoms with E-state index in [4.69, 9.17) is 0 Å². The van der Waals surface area contributed by atoms with E-state index in [9.17, 15) is 4.79 Å². The molecule has 96 valence electrons. The molecule has 0 bridgehead atoms. The number of nitrogens with zero attached hydrogens (tertiary/aromatic N) is 1. The van der Waals surface area contributed by atoms with Crippen LogP contribution in [0.4, 0.5) is 5.69 Å². The molecule has 1 aromatic carbocycles. The van der Waals surface area contributed by atoms with Crippen molar-refractivity contribution in [3.05, 3.63) is 29.3 Å². The van der Waals surface area contributed by atoms with Gasteiger partial charge in [0.2, 0.25) is 5.91 Å². The van der Waals surface area contributed by atoms with Crippen molar-refractivity contribution < 1.29 is 4.79 Å². The number of amides is 1. The summed E-state index contributed by atoms with van der Waals surface area (Å²) in [6.45, 7) is 3.09. The van der Waals surface area contributed by atoms with Gasteiger partial charge in [-0.1, -0.05) is 31.5 Å². The molecule has 1 fully saturated rings. The van der Waals surface area contributed by atoms with E-state index in [1.807, 2.05) is 0 Å². The second-order valence-electron chi connectivity index (χ2n) is 5.50. The minimum Gasteiger partial charge on any atom is -0.312 e. The van der Waals surface area contributed by atoms with Gasteiger partial charge in [0.1, 0.15) is 0 Å². The zero-order valence-electron chi connectivity index (χ0n) is 11.1. The number of benzene rings is 1. The molecule has 1 saturated carbocycles. The largest absolute Gasteiger partial charge is 0.312 e. The van der Waals surface area contributed by atoms with Gasteiger partial charge in [0.15, 0.2) is 0 Å². The molecule has 0 spiro atoms. The normalized spacial score (nSPS) is 19.3. The fourth-order valence-corrected chi connectivity index (χ4v) is 3.11. The number of carbonyl (C=O) groups excluding carboxylic acids is 1. The Morgan fingerprint density at radius 1 is 1.33 bits per heavy atom. The van der Waals surface area contributed by atoms with Crippen LogP contribution in [0.5, 0.6) is 0 Å². The summed E-state index contributed by atoms with van der Waals surface area (Å²) >= 11 is 0. The molecule has 1 aliphatic heterocycles. The maximum Gasteiger partial charge on any atom is 0.230 e. The summed E-state index contributed by atoms with van der Waals surface area (Å²) in [4.78, 5) is 14.6. The van der Waals surface area contributed by atoms with Crippen LogP contribution in [0.15, 0.2) is 18.2 Å². The highest BCUT2D eigenvalue weighted by Crippen LogP contribution is 2.36. The molecule has 3 rings (SSSR count). The van der Waals surface area contributed by atoms with E-state index >= 15 is 0 Å². The van der Waals surface area contributed by atoms with Crippen LogP contribution in [0.1, 0.15) is 43.7 Å². The summed E-state index contributed by atoms with van der Waals surface area (Å²) in [5, 5.41) is 0. The lowest BCUT2D eigenvalue weighted by Gasteiger charge is -2.36. The maximum absolute atomic E-state index is 12.5. The Hall–Kier alpha value is -1.31. The molecular formula is C16H21NO. The Kier molecular flexibility index (Phi) is 3.11. The Balaban J connectivity index is 1.97. The minimum atomic E-state index is 0.306. The molecule has 0 radical (unpaired) electrons. The quantitative estimate of drug-likeness (QED) is 0.780. The van der Waals surface area contributed by atoms with Crippen molar-refractivity contribution in [1.82, 2.24) is 0 Å². The molecule has 0 N–H and O–H groups in total. The second kappa shape index (κ2) is 4.75. The van der Waals surface area contributed by atoms with Crippen molar-refractivity contribution in [3.63, 3.8) is 0 Å². The maximum atomic E-state index is 12.5. The van der Waals surface area contributed by atoms with Crippen molar-refractivity contribution in [2.75, 3.05) is 11.4 Å². The van der Waals surface area contributed by atoms with Gasteiger partial charge in [-0.05, 0) is 43.2 Å². The first-order valence-electron chi connectivity index (χ1n) is 7.23. The van der Waals surface area contributed by atoms with Crippen LogP contribution in [0.25, 0.3) is 0 Å². The lowest BCUT2D eigenvalue weighted by molar-refractivity contribution is -0.124. The van der Waals surface area contributed by atoms with E-state index in [1.165, 1.54) is 23.2 Å². The third-order valence-electron chi connectivity index (χ3n) is 4.40. The molecular weight excluding hydrogens is 222 g/mol. The molecule has 2 nitrogen and oxygen atoms in total. The van der Waals surface area contributed by atoms with Crippen LogP contribution < -0.4 is 4.90 Å². The molecule has 0 saturated heterocycles. The molecule has 1 heterocycles. The van der Waals surface area contributed by atoms with Gasteiger partial charge in [-0.3, -0.25) is 4.79 Å². The van der Waals surface area contributed by atoms with E-state index in [0.29, 0.717) is 11.8 Å². The Labute approximate surface area is 109 Å². The number of hydrogen-bond acceptors (Lipinski definition) is 1. The average Bonchev–Trinajstić information content (AvgIpc) is 2.35. The van der Waals surface area contributed by atoms with Crippen LogP contribution in [-0.2, 0) is 17.6 Å². The van der Waals surface area contributed by atoms with Crippen LogP contribution in [0, 0.1) is 5.92 Å². The standard InChI is InChI=1S/C16H21NO/c1-2-12-6-3-7-13-10-5-11-17(15(12)13)16(18)14-8-4-9-14/h3,6-7,14H,2,4-5,8-11H2,1H3. The fraction of sp³-hybridized carbons (Fsp3) is 0.562. The van der Waals surface area contributed by atoms with Crippen LogP contribution >= 0.6 is 0 Å². The number of para-hydroxylation sites is 1. The molecule has 18 heavy (non-hydrogen) atoms. The summed E-state index contributed by atoms with van der Waals surface area (Å²) in [5.74, 6) is 0.684. The summed E-state index contributed by atoms with van der Waals surface area (Å²) < 4.78 is 0. The first-order valence-corrected chi connectivity index (χ1v) is 7.23. The molecule has 0 atom stereocenters. The fourth-order valence-electron chi connectivity index (χ4n) is 3.11. The lowest BCUT2D eigenvalue weighted by Crippen LogP contribution is -2.42. The number of anilines is 1. The highest BCUT2D eigenvalue weighted by molar-refractivity contribution is 5.97. The Morgan fingerprint density at radius 2 is 2.17 bits per heavy atom. The van der Waals surface area contributed by atoms with E-state index in [-0.39, 0.29) is 0 Å². The van der Waals surface area contributed by atoms with Crippen LogP contribution in [-0.4, -0.2) is 12.5 Å². The summed E-state index contributed by atoms with van der Waals surface area (Å²) in [6.07, 6.45) is 6.66. The number of fused-ring (bicyclic) bond motifs is 1. The smallest absolute Gasteiger partial charge is 0.230 e. The third-order valence-corrected chi connectivity index (χ3v) is 4.40. The Morgan fingerprint density at radius 3 is 2.83 bits per heavy atom. The summed E-state index contributed by atoms with van der Waals surface area (Å²) in [6, 6.07) is 6.49. The molecule has 2 heteroatoms. The van der Waals surface area contributed by atoms with Gasteiger partial charge in [0.05, 0.1) is 0 Å². The van der Waals surface area contributed by atoms with Gasteiger partial charge in [-0.15, -0.1) is 0 Å². The lowest BCUT2D eigenvalue weighted by atomic mass is 9.83. The van der Waals surface area contributed by atoms with Gasteiger partial charge in [-0.25, -0.2) is 0 Å². The predicted octanol–water partition coefficient (Wildman–Crippen LogP) is 3.33. The monoisotopic (exact) mass is 243 g/mol. The molecule has 2 aliphatic rings. The van der Waals surface area contributed by atoms with Crippen molar-refractivity contribution in [1.29, 1.82) is 0 Å². The average molecular weight is 243 g/mol. The first-order chi connectivity index (χ1) is 8.81. The number of aryl methyl sites for hydroxylation is 2. The summed E-state index contributed by atoms with van der Waals surface area (Å²) in [7, 11) is 0. The minimum absolute atomic E-state index is 0.306. The SMILES string of the molecule is CCc1cccc2c1N(C(=O)C1CCC1)CCC2. The Bertz CT molecular complexity index is 448. The third kappa shape index (κ3) is 1.84. The van der Waals surface area contributed by atoms with Crippen molar-refractivity contribution in [2.45, 2.75) is 45.4 Å². The zero-order valence-corrected chi connectivity index (χ0v) is 11.1. The second-order valence-corrected chi connectivity index (χ2v) is 5.50. The van der Waals surface area contributed by atoms with Crippen LogP contribution in [0.2, 0.25) is 0 Å². The number of hydrogen-bond donors (Lipinski definition) is 0. The van der Waals surface area contributed by atoms with E-state index in [1.54, 1.807) is 0 Å². The summed E-state index contributed by atoms with van der Waals surface area (Å²) in [5.41, 5.74) is 3.94. The van der Waals surface area contributed by atoms with Crippen molar-refractivity contribution >= 4 is 11.6 Å². The van der Waals surface area contributed by atoms with Crippen molar-refractivity contribution in [3.8, 4) is 0 Å². The predicted molar refractivity (Wildman–Crippen MR) is 73.8 cm³/mol. The van der Waals surface area contributed by atoms with E-state index < -0.39 is 0 Å². The van der Waals surface area contributed by atoms with Gasteiger partial charge in [0, 0.05) is 18.2 Å².